The van der Waals surface area contributed by atoms with Gasteiger partial charge in [0.25, 0.3) is 0 Å². The van der Waals surface area contributed by atoms with Crippen LogP contribution in [0.4, 0.5) is 0 Å². The Balaban J connectivity index is 1.53. The number of hydrogen-bond donors (Lipinski definition) is 0. The molecule has 2 aromatic rings. The first kappa shape index (κ1) is 15.8. The van der Waals surface area contributed by atoms with Crippen molar-refractivity contribution in [2.75, 3.05) is 6.54 Å². The SMILES string of the molecule is C[C@H]1[C@@H](C(=O)OCc2ccccc2)CCN1Cc1ccccc1. The van der Waals surface area contributed by atoms with Gasteiger partial charge >= 0.3 is 5.97 Å². The highest BCUT2D eigenvalue weighted by molar-refractivity contribution is 5.73. The average Bonchev–Trinajstić information content (AvgIpc) is 2.95. The molecule has 1 heterocycles. The maximum absolute atomic E-state index is 12.4. The van der Waals surface area contributed by atoms with Crippen LogP contribution in [0.5, 0.6) is 0 Å². The molecule has 0 N–H and O–H groups in total. The summed E-state index contributed by atoms with van der Waals surface area (Å²) in [5.74, 6) is -0.0978. The van der Waals surface area contributed by atoms with E-state index in [9.17, 15) is 4.79 Å². The molecule has 120 valence electrons. The van der Waals surface area contributed by atoms with Gasteiger partial charge in [-0.2, -0.15) is 0 Å². The maximum atomic E-state index is 12.4. The van der Waals surface area contributed by atoms with Crippen LogP contribution >= 0.6 is 0 Å². The van der Waals surface area contributed by atoms with Crippen LogP contribution in [0.1, 0.15) is 24.5 Å². The Hall–Kier alpha value is -2.13. The molecule has 3 heteroatoms. The highest BCUT2D eigenvalue weighted by Crippen LogP contribution is 2.27. The van der Waals surface area contributed by atoms with Gasteiger partial charge in [-0.25, -0.2) is 0 Å². The fourth-order valence-electron chi connectivity index (χ4n) is 3.20. The Kier molecular flexibility index (Phi) is 5.09. The van der Waals surface area contributed by atoms with Crippen LogP contribution in [-0.2, 0) is 22.7 Å². The fraction of sp³-hybridized carbons (Fsp3) is 0.350. The van der Waals surface area contributed by atoms with Gasteiger partial charge in [-0.1, -0.05) is 60.7 Å². The molecule has 0 radical (unpaired) electrons. The van der Waals surface area contributed by atoms with Crippen LogP contribution in [0.15, 0.2) is 60.7 Å². The summed E-state index contributed by atoms with van der Waals surface area (Å²) >= 11 is 0. The minimum Gasteiger partial charge on any atom is -0.461 e. The van der Waals surface area contributed by atoms with Crippen molar-refractivity contribution in [2.24, 2.45) is 5.92 Å². The van der Waals surface area contributed by atoms with E-state index in [2.05, 4.69) is 36.1 Å². The van der Waals surface area contributed by atoms with Crippen molar-refractivity contribution < 1.29 is 9.53 Å². The predicted octanol–water partition coefficient (Wildman–Crippen LogP) is 3.64. The second kappa shape index (κ2) is 7.42. The van der Waals surface area contributed by atoms with E-state index in [0.29, 0.717) is 6.61 Å². The van der Waals surface area contributed by atoms with E-state index < -0.39 is 0 Å². The number of nitrogens with zero attached hydrogens (tertiary/aromatic N) is 1. The Morgan fingerprint density at radius 1 is 1.04 bits per heavy atom. The van der Waals surface area contributed by atoms with E-state index in [1.165, 1.54) is 5.56 Å². The number of likely N-dealkylation sites (tertiary alicyclic amines) is 1. The molecule has 3 nitrogen and oxygen atoms in total. The molecule has 1 saturated heterocycles. The van der Waals surface area contributed by atoms with E-state index in [-0.39, 0.29) is 17.9 Å². The highest BCUT2D eigenvalue weighted by Gasteiger charge is 2.36. The van der Waals surface area contributed by atoms with E-state index in [1.807, 2.05) is 36.4 Å². The smallest absolute Gasteiger partial charge is 0.310 e. The number of benzene rings is 2. The van der Waals surface area contributed by atoms with E-state index in [1.54, 1.807) is 0 Å². The summed E-state index contributed by atoms with van der Waals surface area (Å²) in [5.41, 5.74) is 2.32. The monoisotopic (exact) mass is 309 g/mol. The molecule has 0 aromatic heterocycles. The zero-order chi connectivity index (χ0) is 16.1. The quantitative estimate of drug-likeness (QED) is 0.790. The minimum atomic E-state index is -0.0723. The topological polar surface area (TPSA) is 29.5 Å². The molecule has 1 aliphatic rings. The number of rotatable bonds is 5. The summed E-state index contributed by atoms with van der Waals surface area (Å²) in [6.45, 7) is 4.33. The van der Waals surface area contributed by atoms with Crippen LogP contribution < -0.4 is 0 Å². The minimum absolute atomic E-state index is 0.0255. The second-order valence-electron chi connectivity index (χ2n) is 6.19. The molecule has 1 fully saturated rings. The fourth-order valence-corrected chi connectivity index (χ4v) is 3.20. The summed E-state index contributed by atoms with van der Waals surface area (Å²) in [5, 5.41) is 0. The van der Waals surface area contributed by atoms with Gasteiger partial charge in [0.15, 0.2) is 0 Å². The lowest BCUT2D eigenvalue weighted by atomic mass is 10.0. The van der Waals surface area contributed by atoms with Crippen molar-refractivity contribution in [3.63, 3.8) is 0 Å². The van der Waals surface area contributed by atoms with Crippen LogP contribution in [0.2, 0.25) is 0 Å². The molecule has 0 bridgehead atoms. The predicted molar refractivity (Wildman–Crippen MR) is 90.7 cm³/mol. The molecule has 2 aromatic carbocycles. The number of ether oxygens (including phenoxy) is 1. The van der Waals surface area contributed by atoms with E-state index >= 15 is 0 Å². The molecule has 0 saturated carbocycles. The zero-order valence-electron chi connectivity index (χ0n) is 13.5. The lowest BCUT2D eigenvalue weighted by Crippen LogP contribution is -2.33. The summed E-state index contributed by atoms with van der Waals surface area (Å²) in [4.78, 5) is 14.7. The van der Waals surface area contributed by atoms with E-state index in [0.717, 1.165) is 25.1 Å². The molecule has 1 aliphatic heterocycles. The number of carbonyl (C=O) groups excluding carboxylic acids is 1. The van der Waals surface area contributed by atoms with Gasteiger partial charge < -0.3 is 4.74 Å². The van der Waals surface area contributed by atoms with Gasteiger partial charge in [-0.15, -0.1) is 0 Å². The third-order valence-electron chi connectivity index (χ3n) is 4.64. The average molecular weight is 309 g/mol. The molecular formula is C20H23NO2. The lowest BCUT2D eigenvalue weighted by molar-refractivity contribution is -0.150. The van der Waals surface area contributed by atoms with Crippen LogP contribution in [0.3, 0.4) is 0 Å². The molecule has 3 rings (SSSR count). The summed E-state index contributed by atoms with van der Waals surface area (Å²) in [6.07, 6.45) is 0.877. The lowest BCUT2D eigenvalue weighted by Gasteiger charge is -2.23. The van der Waals surface area contributed by atoms with Crippen molar-refractivity contribution in [3.05, 3.63) is 71.8 Å². The highest BCUT2D eigenvalue weighted by atomic mass is 16.5. The van der Waals surface area contributed by atoms with Gasteiger partial charge in [0.2, 0.25) is 0 Å². The Morgan fingerprint density at radius 2 is 1.65 bits per heavy atom. The first-order valence-corrected chi connectivity index (χ1v) is 8.22. The maximum Gasteiger partial charge on any atom is 0.310 e. The summed E-state index contributed by atoms with van der Waals surface area (Å²) in [6, 6.07) is 20.5. The van der Waals surface area contributed by atoms with Crippen molar-refractivity contribution in [3.8, 4) is 0 Å². The summed E-state index contributed by atoms with van der Waals surface area (Å²) in [7, 11) is 0. The van der Waals surface area contributed by atoms with Crippen LogP contribution in [0.25, 0.3) is 0 Å². The zero-order valence-corrected chi connectivity index (χ0v) is 13.5. The van der Waals surface area contributed by atoms with Gasteiger partial charge in [0.1, 0.15) is 6.61 Å². The number of carbonyl (C=O) groups is 1. The van der Waals surface area contributed by atoms with Crippen molar-refractivity contribution >= 4 is 5.97 Å². The molecule has 0 amide bonds. The van der Waals surface area contributed by atoms with Crippen molar-refractivity contribution in [1.82, 2.24) is 4.90 Å². The van der Waals surface area contributed by atoms with Gasteiger partial charge in [-0.05, 0) is 31.0 Å². The molecule has 0 unspecified atom stereocenters. The third kappa shape index (κ3) is 3.99. The largest absolute Gasteiger partial charge is 0.461 e. The third-order valence-corrected chi connectivity index (χ3v) is 4.64. The number of hydrogen-bond acceptors (Lipinski definition) is 3. The van der Waals surface area contributed by atoms with Crippen LogP contribution in [0, 0.1) is 5.92 Å². The molecule has 2 atom stereocenters. The van der Waals surface area contributed by atoms with Crippen molar-refractivity contribution in [1.29, 1.82) is 0 Å². The van der Waals surface area contributed by atoms with Gasteiger partial charge in [-0.3, -0.25) is 9.69 Å². The standard InChI is InChI=1S/C20H23NO2/c1-16-19(20(22)23-15-18-10-6-3-7-11-18)12-13-21(16)14-17-8-4-2-5-9-17/h2-11,16,19H,12-15H2,1H3/t16-,19-/m0/s1. The second-order valence-corrected chi connectivity index (χ2v) is 6.19. The van der Waals surface area contributed by atoms with Crippen LogP contribution in [-0.4, -0.2) is 23.5 Å². The van der Waals surface area contributed by atoms with Gasteiger partial charge in [0, 0.05) is 12.6 Å². The Labute approximate surface area is 137 Å². The molecule has 0 spiro atoms. The van der Waals surface area contributed by atoms with Gasteiger partial charge in [0.05, 0.1) is 5.92 Å². The summed E-state index contributed by atoms with van der Waals surface area (Å²) < 4.78 is 5.52. The molecule has 0 aliphatic carbocycles. The normalized spacial score (nSPS) is 21.3. The Morgan fingerprint density at radius 3 is 2.30 bits per heavy atom. The molecular weight excluding hydrogens is 286 g/mol. The van der Waals surface area contributed by atoms with E-state index in [4.69, 9.17) is 4.74 Å². The first-order chi connectivity index (χ1) is 11.2. The van der Waals surface area contributed by atoms with Crippen molar-refractivity contribution in [2.45, 2.75) is 32.5 Å². The number of esters is 1. The molecule has 23 heavy (non-hydrogen) atoms. The first-order valence-electron chi connectivity index (χ1n) is 8.22. The Bertz CT molecular complexity index is 627.